The van der Waals surface area contributed by atoms with Gasteiger partial charge in [0.1, 0.15) is 5.82 Å². The average molecular weight is 243 g/mol. The van der Waals surface area contributed by atoms with E-state index in [0.29, 0.717) is 0 Å². The molecule has 0 unspecified atom stereocenters. The molecule has 2 aromatic rings. The van der Waals surface area contributed by atoms with Crippen molar-refractivity contribution in [3.05, 3.63) is 41.7 Å². The molecule has 1 aromatic carbocycles. The minimum Gasteiger partial charge on any atom is -0.331 e. The van der Waals surface area contributed by atoms with Gasteiger partial charge in [-0.15, -0.1) is 0 Å². The van der Waals surface area contributed by atoms with Crippen LogP contribution in [0.2, 0.25) is 0 Å². The van der Waals surface area contributed by atoms with Crippen LogP contribution >= 0.6 is 0 Å². The summed E-state index contributed by atoms with van der Waals surface area (Å²) in [4.78, 5) is 4.50. The molecule has 0 saturated carbocycles. The number of hydrogen-bond donors (Lipinski definition) is 1. The van der Waals surface area contributed by atoms with E-state index in [1.807, 2.05) is 12.4 Å². The maximum absolute atomic E-state index is 4.50. The lowest BCUT2D eigenvalue weighted by Gasteiger charge is -2.12. The summed E-state index contributed by atoms with van der Waals surface area (Å²) in [6.07, 6.45) is 3.91. The molecule has 96 valence electrons. The summed E-state index contributed by atoms with van der Waals surface area (Å²) in [7, 11) is 0. The minimum absolute atomic E-state index is 0.892. The standard InChI is InChI=1S/C15H21N3/c1-4-16-11-13-7-6-12(3)10-14(13)15-17-8-9-18(15)5-2/h6-10,16H,4-5,11H2,1-3H3. The molecule has 0 aliphatic rings. The molecule has 18 heavy (non-hydrogen) atoms. The topological polar surface area (TPSA) is 29.9 Å². The molecule has 0 spiro atoms. The van der Waals surface area contributed by atoms with Crippen LogP contribution in [-0.4, -0.2) is 16.1 Å². The largest absolute Gasteiger partial charge is 0.331 e. The molecule has 1 aromatic heterocycles. The third-order valence-electron chi connectivity index (χ3n) is 3.13. The van der Waals surface area contributed by atoms with Crippen molar-refractivity contribution in [1.82, 2.24) is 14.9 Å². The van der Waals surface area contributed by atoms with Crippen molar-refractivity contribution in [2.75, 3.05) is 6.54 Å². The SMILES string of the molecule is CCNCc1ccc(C)cc1-c1nccn1CC. The van der Waals surface area contributed by atoms with E-state index in [4.69, 9.17) is 0 Å². The van der Waals surface area contributed by atoms with Crippen LogP contribution in [0.15, 0.2) is 30.6 Å². The molecular weight excluding hydrogens is 222 g/mol. The van der Waals surface area contributed by atoms with Gasteiger partial charge in [0.15, 0.2) is 0 Å². The molecular formula is C15H21N3. The highest BCUT2D eigenvalue weighted by atomic mass is 15.1. The van der Waals surface area contributed by atoms with Crippen LogP contribution in [0.3, 0.4) is 0 Å². The normalized spacial score (nSPS) is 10.8. The second-order valence-corrected chi connectivity index (χ2v) is 4.48. The summed E-state index contributed by atoms with van der Waals surface area (Å²) in [5, 5.41) is 3.39. The van der Waals surface area contributed by atoms with Gasteiger partial charge in [0, 0.05) is 31.0 Å². The molecule has 1 N–H and O–H groups in total. The summed E-state index contributed by atoms with van der Waals surface area (Å²) in [5.74, 6) is 1.06. The third kappa shape index (κ3) is 2.62. The fourth-order valence-electron chi connectivity index (χ4n) is 2.12. The van der Waals surface area contributed by atoms with Gasteiger partial charge in [0.2, 0.25) is 0 Å². The highest BCUT2D eigenvalue weighted by Gasteiger charge is 2.10. The average Bonchev–Trinajstić information content (AvgIpc) is 2.85. The van der Waals surface area contributed by atoms with Crippen molar-refractivity contribution in [2.45, 2.75) is 33.9 Å². The smallest absolute Gasteiger partial charge is 0.140 e. The Morgan fingerprint density at radius 2 is 2.11 bits per heavy atom. The van der Waals surface area contributed by atoms with Gasteiger partial charge >= 0.3 is 0 Å². The van der Waals surface area contributed by atoms with Gasteiger partial charge in [0.25, 0.3) is 0 Å². The molecule has 0 amide bonds. The first kappa shape index (κ1) is 12.8. The highest BCUT2D eigenvalue weighted by molar-refractivity contribution is 5.62. The molecule has 0 atom stereocenters. The van der Waals surface area contributed by atoms with Crippen molar-refractivity contribution >= 4 is 0 Å². The van der Waals surface area contributed by atoms with Crippen molar-refractivity contribution in [3.63, 3.8) is 0 Å². The van der Waals surface area contributed by atoms with E-state index < -0.39 is 0 Å². The maximum atomic E-state index is 4.50. The van der Waals surface area contributed by atoms with Crippen LogP contribution in [0, 0.1) is 6.92 Å². The Morgan fingerprint density at radius 3 is 2.83 bits per heavy atom. The fraction of sp³-hybridized carbons (Fsp3) is 0.400. The van der Waals surface area contributed by atoms with Crippen LogP contribution in [0.25, 0.3) is 11.4 Å². The minimum atomic E-state index is 0.892. The summed E-state index contributed by atoms with van der Waals surface area (Å²) in [6, 6.07) is 6.58. The fourth-order valence-corrected chi connectivity index (χ4v) is 2.12. The third-order valence-corrected chi connectivity index (χ3v) is 3.13. The van der Waals surface area contributed by atoms with Crippen molar-refractivity contribution in [3.8, 4) is 11.4 Å². The number of hydrogen-bond acceptors (Lipinski definition) is 2. The molecule has 3 heteroatoms. The van der Waals surface area contributed by atoms with E-state index in [0.717, 1.165) is 25.5 Å². The molecule has 0 fully saturated rings. The van der Waals surface area contributed by atoms with Gasteiger partial charge in [-0.2, -0.15) is 0 Å². The second kappa shape index (κ2) is 5.83. The molecule has 0 radical (unpaired) electrons. The molecule has 0 saturated heterocycles. The number of nitrogens with zero attached hydrogens (tertiary/aromatic N) is 2. The Morgan fingerprint density at radius 1 is 1.28 bits per heavy atom. The Hall–Kier alpha value is -1.61. The number of imidazole rings is 1. The van der Waals surface area contributed by atoms with Crippen LogP contribution < -0.4 is 5.32 Å². The zero-order chi connectivity index (χ0) is 13.0. The molecule has 0 aliphatic heterocycles. The van der Waals surface area contributed by atoms with E-state index in [-0.39, 0.29) is 0 Å². The number of nitrogens with one attached hydrogen (secondary N) is 1. The lowest BCUT2D eigenvalue weighted by molar-refractivity contribution is 0.723. The van der Waals surface area contributed by atoms with Crippen molar-refractivity contribution in [1.29, 1.82) is 0 Å². The van der Waals surface area contributed by atoms with Gasteiger partial charge in [0.05, 0.1) is 0 Å². The Bertz CT molecular complexity index is 514. The summed E-state index contributed by atoms with van der Waals surface area (Å²) < 4.78 is 2.18. The molecule has 0 bridgehead atoms. The first-order chi connectivity index (χ1) is 8.76. The van der Waals surface area contributed by atoms with Gasteiger partial charge in [-0.05, 0) is 32.0 Å². The summed E-state index contributed by atoms with van der Waals surface area (Å²) in [6.45, 7) is 9.22. The van der Waals surface area contributed by atoms with E-state index in [2.05, 4.69) is 53.8 Å². The molecule has 0 aliphatic carbocycles. The monoisotopic (exact) mass is 243 g/mol. The number of benzene rings is 1. The molecule has 1 heterocycles. The zero-order valence-electron chi connectivity index (χ0n) is 11.4. The zero-order valence-corrected chi connectivity index (χ0v) is 11.4. The summed E-state index contributed by atoms with van der Waals surface area (Å²) >= 11 is 0. The van der Waals surface area contributed by atoms with Crippen LogP contribution in [0.1, 0.15) is 25.0 Å². The van der Waals surface area contributed by atoms with E-state index in [9.17, 15) is 0 Å². The Kier molecular flexibility index (Phi) is 4.15. The van der Waals surface area contributed by atoms with E-state index in [1.54, 1.807) is 0 Å². The predicted octanol–water partition coefficient (Wildman–Crippen LogP) is 2.99. The highest BCUT2D eigenvalue weighted by Crippen LogP contribution is 2.23. The summed E-state index contributed by atoms with van der Waals surface area (Å²) in [5.41, 5.74) is 3.82. The Labute approximate surface area is 109 Å². The van der Waals surface area contributed by atoms with Gasteiger partial charge in [-0.1, -0.05) is 24.6 Å². The molecule has 3 nitrogen and oxygen atoms in total. The van der Waals surface area contributed by atoms with Crippen molar-refractivity contribution in [2.24, 2.45) is 0 Å². The van der Waals surface area contributed by atoms with Gasteiger partial charge < -0.3 is 9.88 Å². The number of aryl methyl sites for hydroxylation is 2. The Balaban J connectivity index is 2.44. The molecule has 2 rings (SSSR count). The quantitative estimate of drug-likeness (QED) is 0.875. The predicted molar refractivity (Wildman–Crippen MR) is 75.5 cm³/mol. The first-order valence-corrected chi connectivity index (χ1v) is 6.58. The second-order valence-electron chi connectivity index (χ2n) is 4.48. The van der Waals surface area contributed by atoms with Crippen LogP contribution in [-0.2, 0) is 13.1 Å². The van der Waals surface area contributed by atoms with Gasteiger partial charge in [-0.25, -0.2) is 4.98 Å². The van der Waals surface area contributed by atoms with Crippen LogP contribution in [0.4, 0.5) is 0 Å². The van der Waals surface area contributed by atoms with E-state index in [1.165, 1.54) is 16.7 Å². The lowest BCUT2D eigenvalue weighted by atomic mass is 10.0. The maximum Gasteiger partial charge on any atom is 0.140 e. The lowest BCUT2D eigenvalue weighted by Crippen LogP contribution is -2.13. The van der Waals surface area contributed by atoms with Gasteiger partial charge in [-0.3, -0.25) is 0 Å². The van der Waals surface area contributed by atoms with Crippen molar-refractivity contribution < 1.29 is 0 Å². The number of aromatic nitrogens is 2. The van der Waals surface area contributed by atoms with E-state index >= 15 is 0 Å². The van der Waals surface area contributed by atoms with Crippen LogP contribution in [0.5, 0.6) is 0 Å². The first-order valence-electron chi connectivity index (χ1n) is 6.58. The number of rotatable bonds is 5.